The average molecular weight is 233 g/mol. The molecule has 17 heavy (non-hydrogen) atoms. The van der Waals surface area contributed by atoms with E-state index in [4.69, 9.17) is 0 Å². The zero-order valence-corrected chi connectivity index (χ0v) is 10.8. The SMILES string of the molecule is CC(NC1CCCC1(C)CO)c1ccccc1. The van der Waals surface area contributed by atoms with Crippen LogP contribution in [0, 0.1) is 5.41 Å². The molecule has 3 atom stereocenters. The molecule has 1 aromatic carbocycles. The minimum Gasteiger partial charge on any atom is -0.396 e. The number of aliphatic hydroxyl groups is 1. The summed E-state index contributed by atoms with van der Waals surface area (Å²) in [4.78, 5) is 0. The van der Waals surface area contributed by atoms with E-state index < -0.39 is 0 Å². The molecule has 0 bridgehead atoms. The van der Waals surface area contributed by atoms with Gasteiger partial charge in [-0.3, -0.25) is 0 Å². The first-order valence-corrected chi connectivity index (χ1v) is 6.57. The van der Waals surface area contributed by atoms with E-state index in [0.717, 1.165) is 6.42 Å². The minimum absolute atomic E-state index is 0.0586. The number of hydrogen-bond donors (Lipinski definition) is 2. The van der Waals surface area contributed by atoms with Crippen LogP contribution in [0.1, 0.15) is 44.7 Å². The number of hydrogen-bond acceptors (Lipinski definition) is 2. The Labute approximate surface area is 104 Å². The van der Waals surface area contributed by atoms with Gasteiger partial charge in [-0.25, -0.2) is 0 Å². The fourth-order valence-corrected chi connectivity index (χ4v) is 2.85. The molecule has 0 aromatic heterocycles. The summed E-state index contributed by atoms with van der Waals surface area (Å²) in [5, 5.41) is 13.2. The van der Waals surface area contributed by atoms with Gasteiger partial charge in [0.15, 0.2) is 0 Å². The lowest BCUT2D eigenvalue weighted by atomic mass is 9.85. The van der Waals surface area contributed by atoms with Crippen molar-refractivity contribution >= 4 is 0 Å². The van der Waals surface area contributed by atoms with Gasteiger partial charge in [-0.1, -0.05) is 43.7 Å². The monoisotopic (exact) mass is 233 g/mol. The quantitative estimate of drug-likeness (QED) is 0.838. The van der Waals surface area contributed by atoms with Crippen LogP contribution in [0.3, 0.4) is 0 Å². The molecule has 1 fully saturated rings. The van der Waals surface area contributed by atoms with E-state index in [-0.39, 0.29) is 12.0 Å². The Morgan fingerprint density at radius 3 is 2.76 bits per heavy atom. The first-order valence-electron chi connectivity index (χ1n) is 6.57. The third kappa shape index (κ3) is 2.70. The van der Waals surface area contributed by atoms with Crippen molar-refractivity contribution in [3.8, 4) is 0 Å². The maximum atomic E-state index is 9.54. The summed E-state index contributed by atoms with van der Waals surface area (Å²) in [6, 6.07) is 11.3. The van der Waals surface area contributed by atoms with Gasteiger partial charge in [0.2, 0.25) is 0 Å². The summed E-state index contributed by atoms with van der Waals surface area (Å²) < 4.78 is 0. The van der Waals surface area contributed by atoms with Gasteiger partial charge in [0.25, 0.3) is 0 Å². The molecule has 0 spiro atoms. The van der Waals surface area contributed by atoms with Crippen molar-refractivity contribution < 1.29 is 5.11 Å². The Bertz CT molecular complexity index is 351. The van der Waals surface area contributed by atoms with Gasteiger partial charge in [-0.2, -0.15) is 0 Å². The summed E-state index contributed by atoms with van der Waals surface area (Å²) >= 11 is 0. The van der Waals surface area contributed by atoms with Crippen LogP contribution in [-0.4, -0.2) is 17.8 Å². The normalized spacial score (nSPS) is 30.4. The van der Waals surface area contributed by atoms with E-state index in [1.807, 2.05) is 6.07 Å². The number of aliphatic hydroxyl groups excluding tert-OH is 1. The number of nitrogens with one attached hydrogen (secondary N) is 1. The van der Waals surface area contributed by atoms with Crippen LogP contribution in [0.5, 0.6) is 0 Å². The van der Waals surface area contributed by atoms with Gasteiger partial charge < -0.3 is 10.4 Å². The van der Waals surface area contributed by atoms with E-state index in [0.29, 0.717) is 12.1 Å². The lowest BCUT2D eigenvalue weighted by Gasteiger charge is -2.32. The predicted octanol–water partition coefficient (Wildman–Crippen LogP) is 2.89. The summed E-state index contributed by atoms with van der Waals surface area (Å²) in [7, 11) is 0. The van der Waals surface area contributed by atoms with Crippen LogP contribution in [0.4, 0.5) is 0 Å². The molecule has 0 radical (unpaired) electrons. The Kier molecular flexibility index (Phi) is 3.85. The van der Waals surface area contributed by atoms with Gasteiger partial charge >= 0.3 is 0 Å². The summed E-state index contributed by atoms with van der Waals surface area (Å²) in [6.07, 6.45) is 3.52. The zero-order valence-electron chi connectivity index (χ0n) is 10.8. The standard InChI is InChI=1S/C15H23NO/c1-12(13-7-4-3-5-8-13)16-14-9-6-10-15(14,2)11-17/h3-5,7-8,12,14,16-17H,6,9-11H2,1-2H3. The molecule has 1 saturated carbocycles. The minimum atomic E-state index is 0.0586. The van der Waals surface area contributed by atoms with Crippen molar-refractivity contribution in [2.24, 2.45) is 5.41 Å². The predicted molar refractivity (Wildman–Crippen MR) is 70.8 cm³/mol. The van der Waals surface area contributed by atoms with Crippen LogP contribution in [-0.2, 0) is 0 Å². The fourth-order valence-electron chi connectivity index (χ4n) is 2.85. The average Bonchev–Trinajstić information content (AvgIpc) is 2.73. The van der Waals surface area contributed by atoms with Gasteiger partial charge in [-0.15, -0.1) is 0 Å². The number of rotatable bonds is 4. The molecular formula is C15H23NO. The highest BCUT2D eigenvalue weighted by molar-refractivity contribution is 5.18. The first kappa shape index (κ1) is 12.6. The third-order valence-electron chi connectivity index (χ3n) is 4.19. The van der Waals surface area contributed by atoms with Crippen LogP contribution in [0.25, 0.3) is 0 Å². The Morgan fingerprint density at radius 2 is 2.12 bits per heavy atom. The third-order valence-corrected chi connectivity index (χ3v) is 4.19. The molecule has 3 unspecified atom stereocenters. The lowest BCUT2D eigenvalue weighted by Crippen LogP contribution is -2.42. The largest absolute Gasteiger partial charge is 0.396 e. The van der Waals surface area contributed by atoms with Crippen molar-refractivity contribution in [3.05, 3.63) is 35.9 Å². The summed E-state index contributed by atoms with van der Waals surface area (Å²) in [5.41, 5.74) is 1.38. The van der Waals surface area contributed by atoms with Crippen LogP contribution in [0.2, 0.25) is 0 Å². The molecule has 1 aliphatic carbocycles. The molecule has 0 heterocycles. The van der Waals surface area contributed by atoms with Crippen molar-refractivity contribution in [1.29, 1.82) is 0 Å². The fraction of sp³-hybridized carbons (Fsp3) is 0.600. The Balaban J connectivity index is 2.02. The molecule has 1 aliphatic rings. The van der Waals surface area contributed by atoms with E-state index in [2.05, 4.69) is 43.4 Å². The molecule has 2 rings (SSSR count). The van der Waals surface area contributed by atoms with Gasteiger partial charge in [0.1, 0.15) is 0 Å². The molecular weight excluding hydrogens is 210 g/mol. The first-order chi connectivity index (χ1) is 8.15. The second-order valence-electron chi connectivity index (χ2n) is 5.56. The lowest BCUT2D eigenvalue weighted by molar-refractivity contribution is 0.114. The van der Waals surface area contributed by atoms with Gasteiger partial charge in [0.05, 0.1) is 0 Å². The van der Waals surface area contributed by atoms with Gasteiger partial charge in [0, 0.05) is 24.1 Å². The smallest absolute Gasteiger partial charge is 0.0499 e. The molecule has 2 nitrogen and oxygen atoms in total. The molecule has 2 N–H and O–H groups in total. The maximum Gasteiger partial charge on any atom is 0.0499 e. The summed E-state index contributed by atoms with van der Waals surface area (Å²) in [6.45, 7) is 4.67. The van der Waals surface area contributed by atoms with Crippen molar-refractivity contribution in [1.82, 2.24) is 5.32 Å². The molecule has 2 heteroatoms. The van der Waals surface area contributed by atoms with E-state index in [1.165, 1.54) is 18.4 Å². The highest BCUT2D eigenvalue weighted by Crippen LogP contribution is 2.38. The van der Waals surface area contributed by atoms with E-state index in [9.17, 15) is 5.11 Å². The second kappa shape index (κ2) is 5.19. The second-order valence-corrected chi connectivity index (χ2v) is 5.56. The summed E-state index contributed by atoms with van der Waals surface area (Å²) in [5.74, 6) is 0. The van der Waals surface area contributed by atoms with E-state index in [1.54, 1.807) is 0 Å². The number of benzene rings is 1. The molecule has 0 saturated heterocycles. The maximum absolute atomic E-state index is 9.54. The van der Waals surface area contributed by atoms with Crippen molar-refractivity contribution in [2.75, 3.05) is 6.61 Å². The van der Waals surface area contributed by atoms with Crippen LogP contribution >= 0.6 is 0 Å². The van der Waals surface area contributed by atoms with Gasteiger partial charge in [-0.05, 0) is 25.3 Å². The van der Waals surface area contributed by atoms with Crippen molar-refractivity contribution in [3.63, 3.8) is 0 Å². The van der Waals surface area contributed by atoms with Crippen molar-refractivity contribution in [2.45, 2.75) is 45.2 Å². The topological polar surface area (TPSA) is 32.3 Å². The zero-order chi connectivity index (χ0) is 12.3. The molecule has 94 valence electrons. The Morgan fingerprint density at radius 1 is 1.41 bits per heavy atom. The molecule has 1 aromatic rings. The Hall–Kier alpha value is -0.860. The van der Waals surface area contributed by atoms with Crippen LogP contribution < -0.4 is 5.32 Å². The molecule has 0 amide bonds. The highest BCUT2D eigenvalue weighted by Gasteiger charge is 2.38. The van der Waals surface area contributed by atoms with E-state index >= 15 is 0 Å². The van der Waals surface area contributed by atoms with Crippen LogP contribution in [0.15, 0.2) is 30.3 Å². The highest BCUT2D eigenvalue weighted by atomic mass is 16.3. The molecule has 0 aliphatic heterocycles.